The monoisotopic (exact) mass is 249 g/mol. The molecule has 0 aromatic heterocycles. The second-order valence-electron chi connectivity index (χ2n) is 4.02. The number of amidine groups is 1. The van der Waals surface area contributed by atoms with Crippen molar-refractivity contribution in [2.75, 3.05) is 13.7 Å². The number of carbonyl (C=O) groups is 1. The van der Waals surface area contributed by atoms with Crippen molar-refractivity contribution >= 4 is 11.9 Å². The van der Waals surface area contributed by atoms with Gasteiger partial charge >= 0.3 is 6.03 Å². The largest absolute Gasteiger partial charge is 0.504 e. The van der Waals surface area contributed by atoms with Crippen LogP contribution in [-0.2, 0) is 0 Å². The van der Waals surface area contributed by atoms with Gasteiger partial charge in [0.2, 0.25) is 0 Å². The topological polar surface area (TPSA) is 85.7 Å². The molecule has 0 spiro atoms. The Bertz CT molecular complexity index is 501. The molecule has 1 unspecified atom stereocenters. The maximum atomic E-state index is 11.4. The summed E-state index contributed by atoms with van der Waals surface area (Å²) in [4.78, 5) is 12.9. The van der Waals surface area contributed by atoms with E-state index in [0.717, 1.165) is 5.56 Å². The minimum Gasteiger partial charge on any atom is -0.504 e. The fraction of sp³-hybridized carbons (Fsp3) is 0.333. The number of hydrogen-bond donors (Lipinski definition) is 3. The van der Waals surface area contributed by atoms with E-state index >= 15 is 0 Å². The van der Waals surface area contributed by atoms with Crippen molar-refractivity contribution < 1.29 is 14.6 Å². The molecule has 2 amide bonds. The molecule has 3 N–H and O–H groups in total. The third-order valence-corrected chi connectivity index (χ3v) is 2.82. The minimum atomic E-state index is -0.461. The smallest absolute Gasteiger partial charge is 0.323 e. The number of carbonyl (C=O) groups excluding carboxylic acids is 1. The van der Waals surface area contributed by atoms with E-state index in [2.05, 4.69) is 5.32 Å². The zero-order valence-corrected chi connectivity index (χ0v) is 10.2. The zero-order chi connectivity index (χ0) is 13.3. The van der Waals surface area contributed by atoms with Gasteiger partial charge in [-0.1, -0.05) is 6.07 Å². The molecule has 0 radical (unpaired) electrons. The van der Waals surface area contributed by atoms with Gasteiger partial charge in [-0.3, -0.25) is 10.7 Å². The lowest BCUT2D eigenvalue weighted by Crippen LogP contribution is -2.25. The van der Waals surface area contributed by atoms with Crippen LogP contribution in [0.3, 0.4) is 0 Å². The van der Waals surface area contributed by atoms with Gasteiger partial charge in [0.15, 0.2) is 11.5 Å². The number of rotatable bonds is 3. The number of nitrogens with one attached hydrogen (secondary N) is 2. The molecule has 1 aromatic carbocycles. The maximum Gasteiger partial charge on any atom is 0.323 e. The van der Waals surface area contributed by atoms with E-state index in [1.165, 1.54) is 11.0 Å². The molecule has 1 saturated heterocycles. The van der Waals surface area contributed by atoms with E-state index in [4.69, 9.17) is 10.1 Å². The molecule has 1 aliphatic rings. The summed E-state index contributed by atoms with van der Waals surface area (Å²) >= 11 is 0. The van der Waals surface area contributed by atoms with Gasteiger partial charge in [0, 0.05) is 7.05 Å². The number of nitrogens with zero attached hydrogens (tertiary/aromatic N) is 1. The number of amides is 2. The van der Waals surface area contributed by atoms with E-state index < -0.39 is 6.04 Å². The number of phenols is 1. The van der Waals surface area contributed by atoms with Gasteiger partial charge in [-0.25, -0.2) is 4.79 Å². The molecule has 6 nitrogen and oxygen atoms in total. The Hall–Kier alpha value is -2.24. The molecule has 2 rings (SSSR count). The fourth-order valence-corrected chi connectivity index (χ4v) is 1.94. The summed E-state index contributed by atoms with van der Waals surface area (Å²) in [6.45, 7) is 2.26. The lowest BCUT2D eigenvalue weighted by Gasteiger charge is -2.19. The van der Waals surface area contributed by atoms with Crippen LogP contribution in [0.4, 0.5) is 4.79 Å². The first kappa shape index (κ1) is 12.2. The highest BCUT2D eigenvalue weighted by molar-refractivity contribution is 6.05. The summed E-state index contributed by atoms with van der Waals surface area (Å²) in [5.74, 6) is 0.526. The number of phenolic OH excluding ortho intramolecular Hbond substituents is 1. The lowest BCUT2D eigenvalue weighted by molar-refractivity contribution is 0.217. The number of hydrogen-bond acceptors (Lipinski definition) is 4. The van der Waals surface area contributed by atoms with E-state index in [0.29, 0.717) is 12.4 Å². The van der Waals surface area contributed by atoms with Gasteiger partial charge < -0.3 is 14.7 Å². The first-order chi connectivity index (χ1) is 8.54. The van der Waals surface area contributed by atoms with E-state index in [9.17, 15) is 9.90 Å². The Morgan fingerprint density at radius 3 is 2.83 bits per heavy atom. The van der Waals surface area contributed by atoms with Crippen LogP contribution in [0.25, 0.3) is 0 Å². The molecule has 1 atom stereocenters. The average molecular weight is 249 g/mol. The number of benzene rings is 1. The first-order valence-corrected chi connectivity index (χ1v) is 5.62. The van der Waals surface area contributed by atoms with Crippen molar-refractivity contribution in [1.29, 1.82) is 5.41 Å². The predicted molar refractivity (Wildman–Crippen MR) is 66.0 cm³/mol. The summed E-state index contributed by atoms with van der Waals surface area (Å²) in [6.07, 6.45) is 0. The Morgan fingerprint density at radius 2 is 2.28 bits per heavy atom. The average Bonchev–Trinajstić information content (AvgIpc) is 2.57. The Balaban J connectivity index is 2.36. The molecular weight excluding hydrogens is 234 g/mol. The van der Waals surface area contributed by atoms with Crippen LogP contribution in [0, 0.1) is 5.41 Å². The number of ether oxygens (including phenoxy) is 1. The summed E-state index contributed by atoms with van der Waals surface area (Å²) < 4.78 is 5.29. The van der Waals surface area contributed by atoms with Gasteiger partial charge in [-0.15, -0.1) is 0 Å². The highest BCUT2D eigenvalue weighted by Gasteiger charge is 2.34. The Kier molecular flexibility index (Phi) is 3.10. The number of likely N-dealkylation sites (N-methyl/N-ethyl adjacent to an activating group) is 1. The van der Waals surface area contributed by atoms with Crippen molar-refractivity contribution in [3.63, 3.8) is 0 Å². The molecule has 18 heavy (non-hydrogen) atoms. The zero-order valence-electron chi connectivity index (χ0n) is 10.2. The third kappa shape index (κ3) is 1.97. The minimum absolute atomic E-state index is 0.0482. The molecule has 1 aliphatic heterocycles. The van der Waals surface area contributed by atoms with Crippen LogP contribution in [-0.4, -0.2) is 35.5 Å². The summed E-state index contributed by atoms with van der Waals surface area (Å²) in [5.41, 5.74) is 0.724. The summed E-state index contributed by atoms with van der Waals surface area (Å²) in [7, 11) is 1.62. The van der Waals surface area contributed by atoms with Crippen molar-refractivity contribution in [3.05, 3.63) is 23.8 Å². The number of urea groups is 1. The van der Waals surface area contributed by atoms with Crippen LogP contribution in [0.1, 0.15) is 18.5 Å². The van der Waals surface area contributed by atoms with E-state index in [1.54, 1.807) is 19.2 Å². The normalized spacial score (nSPS) is 19.0. The van der Waals surface area contributed by atoms with Crippen molar-refractivity contribution in [2.45, 2.75) is 13.0 Å². The Morgan fingerprint density at radius 1 is 1.56 bits per heavy atom. The van der Waals surface area contributed by atoms with Crippen molar-refractivity contribution in [3.8, 4) is 11.5 Å². The molecule has 6 heteroatoms. The molecule has 1 heterocycles. The van der Waals surface area contributed by atoms with Gasteiger partial charge in [0.05, 0.1) is 6.61 Å². The standard InChI is InChI=1S/C12H15N3O3/c1-3-18-9-6-7(4-5-8(9)16)10-11(13)14-12(17)15(10)2/h4-6,10,16H,3H2,1-2H3,(H2,13,14,17). The quantitative estimate of drug-likeness (QED) is 0.758. The van der Waals surface area contributed by atoms with Crippen LogP contribution >= 0.6 is 0 Å². The highest BCUT2D eigenvalue weighted by Crippen LogP contribution is 2.32. The molecule has 0 saturated carbocycles. The predicted octanol–water partition coefficient (Wildman–Crippen LogP) is 1.46. The van der Waals surface area contributed by atoms with Crippen molar-refractivity contribution in [1.82, 2.24) is 10.2 Å². The second kappa shape index (κ2) is 4.56. The maximum absolute atomic E-state index is 11.4. The third-order valence-electron chi connectivity index (χ3n) is 2.82. The second-order valence-corrected chi connectivity index (χ2v) is 4.02. The van der Waals surface area contributed by atoms with Gasteiger partial charge in [-0.05, 0) is 24.6 Å². The molecule has 0 bridgehead atoms. The SMILES string of the molecule is CCOc1cc(C2C(=N)NC(=O)N2C)ccc1O. The van der Waals surface area contributed by atoms with Crippen LogP contribution < -0.4 is 10.1 Å². The van der Waals surface area contributed by atoms with E-state index in [-0.39, 0.29) is 17.6 Å². The highest BCUT2D eigenvalue weighted by atomic mass is 16.5. The Labute approximate surface area is 105 Å². The molecule has 96 valence electrons. The van der Waals surface area contributed by atoms with Crippen LogP contribution in [0.5, 0.6) is 11.5 Å². The van der Waals surface area contributed by atoms with Gasteiger partial charge in [0.1, 0.15) is 11.9 Å². The molecule has 1 fully saturated rings. The van der Waals surface area contributed by atoms with E-state index in [1.807, 2.05) is 6.92 Å². The molecule has 1 aromatic rings. The molecular formula is C12H15N3O3. The number of aromatic hydroxyl groups is 1. The van der Waals surface area contributed by atoms with Crippen molar-refractivity contribution in [2.24, 2.45) is 0 Å². The molecule has 0 aliphatic carbocycles. The van der Waals surface area contributed by atoms with Crippen LogP contribution in [0.15, 0.2) is 18.2 Å². The van der Waals surface area contributed by atoms with Crippen LogP contribution in [0.2, 0.25) is 0 Å². The van der Waals surface area contributed by atoms with Gasteiger partial charge in [0.25, 0.3) is 0 Å². The lowest BCUT2D eigenvalue weighted by atomic mass is 10.1. The van der Waals surface area contributed by atoms with Gasteiger partial charge in [-0.2, -0.15) is 0 Å². The summed E-state index contributed by atoms with van der Waals surface area (Å²) in [5, 5.41) is 19.8. The fourth-order valence-electron chi connectivity index (χ4n) is 1.94. The summed E-state index contributed by atoms with van der Waals surface area (Å²) in [6, 6.07) is 4.06. The first-order valence-electron chi connectivity index (χ1n) is 5.62.